The van der Waals surface area contributed by atoms with Crippen molar-refractivity contribution in [2.45, 2.75) is 18.9 Å². The summed E-state index contributed by atoms with van der Waals surface area (Å²) >= 11 is 3.16. The third-order valence-corrected chi connectivity index (χ3v) is 1.48. The van der Waals surface area contributed by atoms with E-state index in [1.165, 1.54) is 0 Å². The van der Waals surface area contributed by atoms with Gasteiger partial charge < -0.3 is 4.84 Å². The minimum absolute atomic E-state index is 0.0237. The minimum Gasteiger partial charge on any atom is -0.390 e. The Balaban J connectivity index is 2.31. The van der Waals surface area contributed by atoms with Gasteiger partial charge in [0, 0.05) is 6.42 Å². The molecule has 0 N–H and O–H groups in total. The normalized spacial score (nSPS) is 24.4. The molecule has 9 heavy (non-hydrogen) atoms. The predicted octanol–water partition coefficient (Wildman–Crippen LogP) is 1.40. The van der Waals surface area contributed by atoms with E-state index < -0.39 is 0 Å². The summed E-state index contributed by atoms with van der Waals surface area (Å²) in [5.74, 6) is 0. The lowest BCUT2D eigenvalue weighted by Crippen LogP contribution is -2.03. The van der Waals surface area contributed by atoms with Crippen molar-refractivity contribution in [3.63, 3.8) is 0 Å². The van der Waals surface area contributed by atoms with Crippen molar-refractivity contribution in [2.75, 3.05) is 0 Å². The van der Waals surface area contributed by atoms with Gasteiger partial charge in [0.1, 0.15) is 10.7 Å². The second-order valence-corrected chi connectivity index (χ2v) is 2.68. The Bertz CT molecular complexity index is 172. The fourth-order valence-electron chi connectivity index (χ4n) is 0.605. The SMILES string of the molecule is N#CCC1CC(Br)=NO1. The van der Waals surface area contributed by atoms with Gasteiger partial charge in [0.05, 0.1) is 12.5 Å². The molecule has 0 saturated carbocycles. The van der Waals surface area contributed by atoms with Crippen molar-refractivity contribution in [3.8, 4) is 6.07 Å². The summed E-state index contributed by atoms with van der Waals surface area (Å²) in [6, 6.07) is 2.01. The molecule has 3 nitrogen and oxygen atoms in total. The smallest absolute Gasteiger partial charge is 0.146 e. The molecule has 1 heterocycles. The Morgan fingerprint density at radius 2 is 2.78 bits per heavy atom. The monoisotopic (exact) mass is 188 g/mol. The largest absolute Gasteiger partial charge is 0.390 e. The van der Waals surface area contributed by atoms with E-state index >= 15 is 0 Å². The molecular formula is C5H5BrN2O. The molecular weight excluding hydrogens is 184 g/mol. The third-order valence-electron chi connectivity index (χ3n) is 1.02. The maximum absolute atomic E-state index is 8.22. The topological polar surface area (TPSA) is 45.4 Å². The summed E-state index contributed by atoms with van der Waals surface area (Å²) in [6.07, 6.45) is 1.12. The van der Waals surface area contributed by atoms with Gasteiger partial charge in [-0.3, -0.25) is 0 Å². The molecule has 0 amide bonds. The van der Waals surface area contributed by atoms with Crippen LogP contribution in [0.5, 0.6) is 0 Å². The van der Waals surface area contributed by atoms with E-state index in [0.717, 1.165) is 11.0 Å². The van der Waals surface area contributed by atoms with Crippen molar-refractivity contribution in [2.24, 2.45) is 5.16 Å². The maximum atomic E-state index is 8.22. The van der Waals surface area contributed by atoms with Gasteiger partial charge in [-0.05, 0) is 15.9 Å². The van der Waals surface area contributed by atoms with Crippen molar-refractivity contribution in [1.29, 1.82) is 5.26 Å². The minimum atomic E-state index is -0.0237. The number of oxime groups is 1. The molecule has 0 aromatic heterocycles. The number of halogens is 1. The molecule has 1 atom stereocenters. The molecule has 0 aromatic carbocycles. The zero-order valence-corrected chi connectivity index (χ0v) is 6.26. The summed E-state index contributed by atoms with van der Waals surface area (Å²) in [7, 11) is 0. The van der Waals surface area contributed by atoms with E-state index in [1.807, 2.05) is 6.07 Å². The van der Waals surface area contributed by atoms with Crippen molar-refractivity contribution in [1.82, 2.24) is 0 Å². The van der Waals surface area contributed by atoms with Crippen LogP contribution >= 0.6 is 15.9 Å². The van der Waals surface area contributed by atoms with Crippen molar-refractivity contribution in [3.05, 3.63) is 0 Å². The zero-order valence-electron chi connectivity index (χ0n) is 4.67. The molecule has 1 aliphatic rings. The van der Waals surface area contributed by atoms with Crippen LogP contribution in [-0.2, 0) is 4.84 Å². The van der Waals surface area contributed by atoms with E-state index in [-0.39, 0.29) is 6.10 Å². The lowest BCUT2D eigenvalue weighted by molar-refractivity contribution is 0.0891. The molecule has 1 aliphatic heterocycles. The third kappa shape index (κ3) is 1.68. The molecule has 0 spiro atoms. The van der Waals surface area contributed by atoms with E-state index in [0.29, 0.717) is 6.42 Å². The van der Waals surface area contributed by atoms with Crippen LogP contribution in [0.4, 0.5) is 0 Å². The van der Waals surface area contributed by atoms with Gasteiger partial charge in [0.25, 0.3) is 0 Å². The van der Waals surface area contributed by atoms with Gasteiger partial charge in [-0.25, -0.2) is 0 Å². The van der Waals surface area contributed by atoms with Gasteiger partial charge in [0.15, 0.2) is 0 Å². The molecule has 0 bridgehead atoms. The van der Waals surface area contributed by atoms with Gasteiger partial charge in [-0.2, -0.15) is 5.26 Å². The van der Waals surface area contributed by atoms with Crippen LogP contribution in [0.3, 0.4) is 0 Å². The van der Waals surface area contributed by atoms with Crippen LogP contribution in [0.25, 0.3) is 0 Å². The number of hydrogen-bond donors (Lipinski definition) is 0. The van der Waals surface area contributed by atoms with Crippen LogP contribution in [0.2, 0.25) is 0 Å². The van der Waals surface area contributed by atoms with Crippen molar-refractivity contribution >= 4 is 20.6 Å². The van der Waals surface area contributed by atoms with E-state index in [2.05, 4.69) is 21.1 Å². The van der Waals surface area contributed by atoms with Gasteiger partial charge in [-0.1, -0.05) is 5.16 Å². The van der Waals surface area contributed by atoms with E-state index in [9.17, 15) is 0 Å². The molecule has 48 valence electrons. The molecule has 1 unspecified atom stereocenters. The first kappa shape index (κ1) is 6.56. The Morgan fingerprint density at radius 3 is 3.22 bits per heavy atom. The first-order chi connectivity index (χ1) is 4.33. The highest BCUT2D eigenvalue weighted by Gasteiger charge is 2.17. The zero-order chi connectivity index (χ0) is 6.69. The number of nitrogens with zero attached hydrogens (tertiary/aromatic N) is 2. The predicted molar refractivity (Wildman–Crippen MR) is 36.1 cm³/mol. The Kier molecular flexibility index (Phi) is 2.06. The molecule has 0 saturated heterocycles. The average Bonchev–Trinajstić information content (AvgIpc) is 2.17. The molecule has 0 aromatic rings. The van der Waals surface area contributed by atoms with Crippen molar-refractivity contribution < 1.29 is 4.84 Å². The summed E-state index contributed by atoms with van der Waals surface area (Å²) in [6.45, 7) is 0. The average molecular weight is 189 g/mol. The molecule has 0 radical (unpaired) electrons. The number of nitriles is 1. The van der Waals surface area contributed by atoms with E-state index in [4.69, 9.17) is 10.1 Å². The maximum Gasteiger partial charge on any atom is 0.146 e. The molecule has 4 heteroatoms. The highest BCUT2D eigenvalue weighted by atomic mass is 79.9. The van der Waals surface area contributed by atoms with Gasteiger partial charge in [0.2, 0.25) is 0 Å². The quantitative estimate of drug-likeness (QED) is 0.625. The molecule has 0 fully saturated rings. The van der Waals surface area contributed by atoms with Crippen LogP contribution in [0.1, 0.15) is 12.8 Å². The summed E-state index contributed by atoms with van der Waals surface area (Å²) in [4.78, 5) is 4.82. The Morgan fingerprint density at radius 1 is 2.00 bits per heavy atom. The summed E-state index contributed by atoms with van der Waals surface area (Å²) < 4.78 is 0.794. The first-order valence-corrected chi connectivity index (χ1v) is 3.37. The highest BCUT2D eigenvalue weighted by molar-refractivity contribution is 9.18. The second kappa shape index (κ2) is 2.83. The molecule has 0 aliphatic carbocycles. The van der Waals surface area contributed by atoms with Crippen LogP contribution in [-0.4, -0.2) is 10.7 Å². The second-order valence-electron chi connectivity index (χ2n) is 1.76. The van der Waals surface area contributed by atoms with Gasteiger partial charge >= 0.3 is 0 Å². The van der Waals surface area contributed by atoms with Crippen LogP contribution in [0, 0.1) is 11.3 Å². The number of rotatable bonds is 1. The first-order valence-electron chi connectivity index (χ1n) is 2.58. The lowest BCUT2D eigenvalue weighted by atomic mass is 10.2. The van der Waals surface area contributed by atoms with Gasteiger partial charge in [-0.15, -0.1) is 0 Å². The highest BCUT2D eigenvalue weighted by Crippen LogP contribution is 2.15. The Labute approximate surface area is 61.4 Å². The lowest BCUT2D eigenvalue weighted by Gasteiger charge is -1.98. The fraction of sp³-hybridized carbons (Fsp3) is 0.600. The van der Waals surface area contributed by atoms with Crippen LogP contribution < -0.4 is 0 Å². The Hall–Kier alpha value is -0.560. The standard InChI is InChI=1S/C5H5BrN2O/c6-5-3-4(1-2-7)9-8-5/h4H,1,3H2. The van der Waals surface area contributed by atoms with Crippen LogP contribution in [0.15, 0.2) is 5.16 Å². The fourth-order valence-corrected chi connectivity index (χ4v) is 1.05. The summed E-state index contributed by atoms with van der Waals surface area (Å²) in [5.41, 5.74) is 0. The molecule has 1 rings (SSSR count). The summed E-state index contributed by atoms with van der Waals surface area (Å²) in [5, 5.41) is 11.8. The number of hydrogen-bond acceptors (Lipinski definition) is 3. The van der Waals surface area contributed by atoms with E-state index in [1.54, 1.807) is 0 Å².